The van der Waals surface area contributed by atoms with Crippen molar-refractivity contribution < 1.29 is 4.39 Å². The molecule has 114 valence electrons. The van der Waals surface area contributed by atoms with Crippen LogP contribution in [0.15, 0.2) is 36.0 Å². The molecular formula is C16H17FN4S. The first-order valence-electron chi connectivity index (χ1n) is 7.02. The Morgan fingerprint density at radius 1 is 1.18 bits per heavy atom. The van der Waals surface area contributed by atoms with Crippen LogP contribution >= 0.6 is 11.3 Å². The molecule has 2 heterocycles. The highest BCUT2D eigenvalue weighted by molar-refractivity contribution is 7.17. The summed E-state index contributed by atoms with van der Waals surface area (Å²) in [5.74, 6) is 0.594. The summed E-state index contributed by atoms with van der Waals surface area (Å²) in [7, 11) is 4.07. The van der Waals surface area contributed by atoms with E-state index in [2.05, 4.69) is 20.2 Å². The van der Waals surface area contributed by atoms with Crippen LogP contribution in [0.25, 0.3) is 21.3 Å². The molecule has 0 fully saturated rings. The molecule has 0 radical (unpaired) electrons. The highest BCUT2D eigenvalue weighted by Gasteiger charge is 2.12. The summed E-state index contributed by atoms with van der Waals surface area (Å²) in [6.45, 7) is 1.72. The molecule has 0 amide bonds. The second kappa shape index (κ2) is 6.37. The number of thiophene rings is 1. The first-order chi connectivity index (χ1) is 10.6. The molecule has 0 atom stereocenters. The summed E-state index contributed by atoms with van der Waals surface area (Å²) in [4.78, 5) is 11.7. The van der Waals surface area contributed by atoms with E-state index in [0.29, 0.717) is 0 Å². The van der Waals surface area contributed by atoms with Crippen LogP contribution in [0.2, 0.25) is 0 Å². The molecule has 0 saturated carbocycles. The lowest BCUT2D eigenvalue weighted by Gasteiger charge is -2.12. The number of anilines is 1. The molecule has 0 aliphatic carbocycles. The molecule has 22 heavy (non-hydrogen) atoms. The quantitative estimate of drug-likeness (QED) is 0.782. The molecule has 0 bridgehead atoms. The molecule has 0 unspecified atom stereocenters. The van der Waals surface area contributed by atoms with Gasteiger partial charge in [-0.15, -0.1) is 11.3 Å². The Morgan fingerprint density at radius 3 is 2.68 bits per heavy atom. The summed E-state index contributed by atoms with van der Waals surface area (Å²) >= 11 is 1.57. The van der Waals surface area contributed by atoms with Gasteiger partial charge in [-0.25, -0.2) is 14.4 Å². The van der Waals surface area contributed by atoms with Gasteiger partial charge in [0.15, 0.2) is 0 Å². The SMILES string of the molecule is CN(C)CCNc1ncnc2scc(-c3ccc(F)cc3)c12. The lowest BCUT2D eigenvalue weighted by Crippen LogP contribution is -2.21. The topological polar surface area (TPSA) is 41.0 Å². The number of hydrogen-bond acceptors (Lipinski definition) is 5. The van der Waals surface area contributed by atoms with E-state index < -0.39 is 0 Å². The van der Waals surface area contributed by atoms with Crippen LogP contribution in [0.1, 0.15) is 0 Å². The summed E-state index contributed by atoms with van der Waals surface area (Å²) < 4.78 is 13.1. The second-order valence-electron chi connectivity index (χ2n) is 5.29. The van der Waals surface area contributed by atoms with Crippen molar-refractivity contribution in [1.29, 1.82) is 0 Å². The molecule has 3 rings (SSSR count). The van der Waals surface area contributed by atoms with Gasteiger partial charge in [-0.3, -0.25) is 0 Å². The monoisotopic (exact) mass is 316 g/mol. The smallest absolute Gasteiger partial charge is 0.138 e. The third-order valence-corrected chi connectivity index (χ3v) is 4.26. The number of benzene rings is 1. The van der Waals surface area contributed by atoms with E-state index in [0.717, 1.165) is 40.3 Å². The van der Waals surface area contributed by atoms with Gasteiger partial charge in [-0.2, -0.15) is 0 Å². The Bertz CT molecular complexity index is 767. The van der Waals surface area contributed by atoms with Crippen LogP contribution in [0.3, 0.4) is 0 Å². The maximum absolute atomic E-state index is 13.1. The third kappa shape index (κ3) is 3.08. The molecule has 0 spiro atoms. The van der Waals surface area contributed by atoms with E-state index in [1.54, 1.807) is 29.8 Å². The van der Waals surface area contributed by atoms with Gasteiger partial charge in [-0.1, -0.05) is 12.1 Å². The number of likely N-dealkylation sites (N-methyl/N-ethyl adjacent to an activating group) is 1. The zero-order valence-electron chi connectivity index (χ0n) is 12.5. The Balaban J connectivity index is 1.99. The van der Waals surface area contributed by atoms with Crippen molar-refractivity contribution in [2.24, 2.45) is 0 Å². The fraction of sp³-hybridized carbons (Fsp3) is 0.250. The standard InChI is InChI=1S/C16H17FN4S/c1-21(2)8-7-18-15-14-13(9-22-16(14)20-10-19-15)11-3-5-12(17)6-4-11/h3-6,9-10H,7-8H2,1-2H3,(H,18,19,20). The minimum absolute atomic E-state index is 0.233. The van der Waals surface area contributed by atoms with E-state index in [-0.39, 0.29) is 5.82 Å². The fourth-order valence-electron chi connectivity index (χ4n) is 2.25. The molecule has 3 aromatic rings. The molecule has 6 heteroatoms. The number of nitrogens with one attached hydrogen (secondary N) is 1. The Morgan fingerprint density at radius 2 is 1.95 bits per heavy atom. The fourth-order valence-corrected chi connectivity index (χ4v) is 3.16. The number of nitrogens with zero attached hydrogens (tertiary/aromatic N) is 3. The van der Waals surface area contributed by atoms with Crippen LogP contribution < -0.4 is 5.32 Å². The van der Waals surface area contributed by atoms with Crippen molar-refractivity contribution in [2.45, 2.75) is 0 Å². The molecular weight excluding hydrogens is 299 g/mol. The molecule has 0 saturated heterocycles. The highest BCUT2D eigenvalue weighted by atomic mass is 32.1. The number of aromatic nitrogens is 2. The first kappa shape index (κ1) is 14.9. The lowest BCUT2D eigenvalue weighted by molar-refractivity contribution is 0.425. The molecule has 1 N–H and O–H groups in total. The maximum Gasteiger partial charge on any atom is 0.138 e. The average Bonchev–Trinajstić information content (AvgIpc) is 2.93. The molecule has 0 aliphatic heterocycles. The second-order valence-corrected chi connectivity index (χ2v) is 6.15. The number of halogens is 1. The van der Waals surface area contributed by atoms with E-state index in [4.69, 9.17) is 0 Å². The van der Waals surface area contributed by atoms with Gasteiger partial charge in [0, 0.05) is 24.0 Å². The van der Waals surface area contributed by atoms with Gasteiger partial charge in [0.1, 0.15) is 22.8 Å². The van der Waals surface area contributed by atoms with Crippen molar-refractivity contribution in [2.75, 3.05) is 32.5 Å². The van der Waals surface area contributed by atoms with E-state index in [1.807, 2.05) is 19.5 Å². The Labute approximate surface area is 132 Å². The predicted octanol–water partition coefficient (Wildman–Crippen LogP) is 3.47. The first-order valence-corrected chi connectivity index (χ1v) is 7.90. The normalized spacial score (nSPS) is 11.3. The molecule has 1 aromatic carbocycles. The molecule has 0 aliphatic rings. The van der Waals surface area contributed by atoms with E-state index in [1.165, 1.54) is 12.1 Å². The average molecular weight is 316 g/mol. The van der Waals surface area contributed by atoms with Crippen LogP contribution in [0.5, 0.6) is 0 Å². The molecule has 2 aromatic heterocycles. The van der Waals surface area contributed by atoms with Gasteiger partial charge >= 0.3 is 0 Å². The van der Waals surface area contributed by atoms with Crippen molar-refractivity contribution in [3.8, 4) is 11.1 Å². The van der Waals surface area contributed by atoms with Gasteiger partial charge in [0.05, 0.1) is 5.39 Å². The van der Waals surface area contributed by atoms with Crippen LogP contribution in [0, 0.1) is 5.82 Å². The van der Waals surface area contributed by atoms with Crippen molar-refractivity contribution in [3.63, 3.8) is 0 Å². The zero-order valence-corrected chi connectivity index (χ0v) is 13.3. The molecule has 4 nitrogen and oxygen atoms in total. The summed E-state index contributed by atoms with van der Waals surface area (Å²) in [5, 5.41) is 6.41. The van der Waals surface area contributed by atoms with Crippen molar-refractivity contribution >= 4 is 27.4 Å². The minimum atomic E-state index is -0.233. The largest absolute Gasteiger partial charge is 0.368 e. The third-order valence-electron chi connectivity index (χ3n) is 3.38. The number of fused-ring (bicyclic) bond motifs is 1. The Kier molecular flexibility index (Phi) is 4.31. The summed E-state index contributed by atoms with van der Waals surface area (Å²) in [6, 6.07) is 6.52. The van der Waals surface area contributed by atoms with Crippen molar-refractivity contribution in [1.82, 2.24) is 14.9 Å². The predicted molar refractivity (Wildman–Crippen MR) is 89.9 cm³/mol. The summed E-state index contributed by atoms with van der Waals surface area (Å²) in [5.41, 5.74) is 2.01. The van der Waals surface area contributed by atoms with E-state index >= 15 is 0 Å². The minimum Gasteiger partial charge on any atom is -0.368 e. The number of hydrogen-bond donors (Lipinski definition) is 1. The maximum atomic E-state index is 13.1. The van der Waals surface area contributed by atoms with Gasteiger partial charge in [0.2, 0.25) is 0 Å². The Hall–Kier alpha value is -2.05. The van der Waals surface area contributed by atoms with Crippen LogP contribution in [-0.4, -0.2) is 42.1 Å². The highest BCUT2D eigenvalue weighted by Crippen LogP contribution is 2.36. The van der Waals surface area contributed by atoms with Gasteiger partial charge in [-0.05, 0) is 31.8 Å². The van der Waals surface area contributed by atoms with Gasteiger partial charge in [0.25, 0.3) is 0 Å². The lowest BCUT2D eigenvalue weighted by atomic mass is 10.1. The van der Waals surface area contributed by atoms with Crippen LogP contribution in [-0.2, 0) is 0 Å². The van der Waals surface area contributed by atoms with Crippen molar-refractivity contribution in [3.05, 3.63) is 41.8 Å². The van der Waals surface area contributed by atoms with Crippen LogP contribution in [0.4, 0.5) is 10.2 Å². The number of rotatable bonds is 5. The zero-order chi connectivity index (χ0) is 15.5. The van der Waals surface area contributed by atoms with E-state index in [9.17, 15) is 4.39 Å². The van der Waals surface area contributed by atoms with Gasteiger partial charge < -0.3 is 10.2 Å². The summed E-state index contributed by atoms with van der Waals surface area (Å²) in [6.07, 6.45) is 1.57.